The van der Waals surface area contributed by atoms with E-state index >= 15 is 0 Å². The maximum absolute atomic E-state index is 9.54. The number of nitrogens with one attached hydrogen (secondary N) is 1. The quantitative estimate of drug-likeness (QED) is 0.718. The van der Waals surface area contributed by atoms with Gasteiger partial charge in [-0.15, -0.1) is 0 Å². The van der Waals surface area contributed by atoms with Crippen LogP contribution in [0.1, 0.15) is 43.7 Å². The van der Waals surface area contributed by atoms with Crippen LogP contribution in [-0.2, 0) is 0 Å². The summed E-state index contributed by atoms with van der Waals surface area (Å²) in [5.74, 6) is 0.939. The van der Waals surface area contributed by atoms with Crippen LogP contribution in [0.4, 0.5) is 0 Å². The fourth-order valence-electron chi connectivity index (χ4n) is 2.37. The van der Waals surface area contributed by atoms with E-state index in [1.54, 1.807) is 0 Å². The van der Waals surface area contributed by atoms with Crippen molar-refractivity contribution < 1.29 is 9.84 Å². The molecule has 0 heterocycles. The Morgan fingerprint density at radius 1 is 1.30 bits per heavy atom. The Balaban J connectivity index is 1.73. The molecule has 0 aromatic heterocycles. The van der Waals surface area contributed by atoms with E-state index < -0.39 is 0 Å². The van der Waals surface area contributed by atoms with E-state index in [1.807, 2.05) is 6.07 Å². The van der Waals surface area contributed by atoms with Gasteiger partial charge >= 0.3 is 0 Å². The summed E-state index contributed by atoms with van der Waals surface area (Å²) in [4.78, 5) is 0. The van der Waals surface area contributed by atoms with Gasteiger partial charge in [0.2, 0.25) is 0 Å². The first-order valence-electron chi connectivity index (χ1n) is 7.61. The Hall–Kier alpha value is -1.06. The Morgan fingerprint density at radius 3 is 2.65 bits per heavy atom. The van der Waals surface area contributed by atoms with Crippen molar-refractivity contribution in [2.45, 2.75) is 58.0 Å². The highest BCUT2D eigenvalue weighted by molar-refractivity contribution is 5.33. The molecule has 0 spiro atoms. The zero-order valence-corrected chi connectivity index (χ0v) is 12.9. The van der Waals surface area contributed by atoms with Gasteiger partial charge in [-0.05, 0) is 69.7 Å². The van der Waals surface area contributed by atoms with E-state index in [9.17, 15) is 5.11 Å². The summed E-state index contributed by atoms with van der Waals surface area (Å²) in [6.07, 6.45) is 4.37. The summed E-state index contributed by atoms with van der Waals surface area (Å²) in [6, 6.07) is 6.82. The Morgan fingerprint density at radius 2 is 2.05 bits per heavy atom. The minimum Gasteiger partial charge on any atom is -0.494 e. The van der Waals surface area contributed by atoms with Gasteiger partial charge in [0.05, 0.1) is 13.2 Å². The van der Waals surface area contributed by atoms with Crippen LogP contribution in [-0.4, -0.2) is 29.9 Å². The van der Waals surface area contributed by atoms with Gasteiger partial charge in [-0.25, -0.2) is 0 Å². The summed E-state index contributed by atoms with van der Waals surface area (Å²) < 4.78 is 5.79. The van der Waals surface area contributed by atoms with E-state index in [1.165, 1.54) is 24.0 Å². The lowest BCUT2D eigenvalue weighted by molar-refractivity contribution is 0.154. The predicted octanol–water partition coefficient (Wildman–Crippen LogP) is 2.97. The van der Waals surface area contributed by atoms with E-state index in [-0.39, 0.29) is 12.1 Å². The Bertz CT molecular complexity index is 443. The SMILES string of the molecule is Cc1ccc(OCCCC(C)(CO)NC2CC2)cc1C. The van der Waals surface area contributed by atoms with Crippen LogP contribution in [0.15, 0.2) is 18.2 Å². The molecule has 3 nitrogen and oxygen atoms in total. The molecule has 1 unspecified atom stereocenters. The van der Waals surface area contributed by atoms with Crippen LogP contribution in [0.3, 0.4) is 0 Å². The number of benzene rings is 1. The molecule has 0 radical (unpaired) electrons. The number of hydrogen-bond acceptors (Lipinski definition) is 3. The molecular formula is C17H27NO2. The largest absolute Gasteiger partial charge is 0.494 e. The third-order valence-corrected chi connectivity index (χ3v) is 4.10. The van der Waals surface area contributed by atoms with E-state index in [0.29, 0.717) is 12.6 Å². The summed E-state index contributed by atoms with van der Waals surface area (Å²) in [7, 11) is 0. The van der Waals surface area contributed by atoms with Crippen LogP contribution in [0.25, 0.3) is 0 Å². The average molecular weight is 277 g/mol. The normalized spacial score (nSPS) is 17.8. The minimum absolute atomic E-state index is 0.159. The molecule has 1 aromatic carbocycles. The topological polar surface area (TPSA) is 41.5 Å². The van der Waals surface area contributed by atoms with Gasteiger partial charge in [0, 0.05) is 11.6 Å². The number of aryl methyl sites for hydroxylation is 2. The number of hydrogen-bond donors (Lipinski definition) is 2. The summed E-state index contributed by atoms with van der Waals surface area (Å²) in [6.45, 7) is 7.19. The van der Waals surface area contributed by atoms with E-state index in [0.717, 1.165) is 18.6 Å². The molecule has 1 atom stereocenters. The lowest BCUT2D eigenvalue weighted by Gasteiger charge is -2.29. The molecule has 2 N–H and O–H groups in total. The molecule has 1 aliphatic rings. The molecule has 1 aromatic rings. The van der Waals surface area contributed by atoms with Crippen molar-refractivity contribution in [2.24, 2.45) is 0 Å². The van der Waals surface area contributed by atoms with E-state index in [4.69, 9.17) is 4.74 Å². The van der Waals surface area contributed by atoms with Gasteiger partial charge in [-0.1, -0.05) is 6.07 Å². The highest BCUT2D eigenvalue weighted by atomic mass is 16.5. The first-order valence-corrected chi connectivity index (χ1v) is 7.61. The van der Waals surface area contributed by atoms with Gasteiger partial charge < -0.3 is 15.2 Å². The van der Waals surface area contributed by atoms with Crippen molar-refractivity contribution in [3.8, 4) is 5.75 Å². The van der Waals surface area contributed by atoms with Crippen molar-refractivity contribution in [3.63, 3.8) is 0 Å². The van der Waals surface area contributed by atoms with Crippen LogP contribution in [0.2, 0.25) is 0 Å². The zero-order chi connectivity index (χ0) is 14.6. The molecule has 3 heteroatoms. The van der Waals surface area contributed by atoms with E-state index in [2.05, 4.69) is 38.2 Å². The summed E-state index contributed by atoms with van der Waals surface area (Å²) in [5, 5.41) is 13.1. The monoisotopic (exact) mass is 277 g/mol. The third kappa shape index (κ3) is 4.50. The molecule has 20 heavy (non-hydrogen) atoms. The van der Waals surface area contributed by atoms with Crippen LogP contribution < -0.4 is 10.1 Å². The first kappa shape index (κ1) is 15.3. The fourth-order valence-corrected chi connectivity index (χ4v) is 2.37. The number of aliphatic hydroxyl groups is 1. The number of aliphatic hydroxyl groups excluding tert-OH is 1. The second kappa shape index (κ2) is 6.59. The lowest BCUT2D eigenvalue weighted by Crippen LogP contribution is -2.47. The standard InChI is InChI=1S/C17H27NO2/c1-13-5-8-16(11-14(13)2)20-10-4-9-17(3,12-19)18-15-6-7-15/h5,8,11,15,18-19H,4,6-7,9-10,12H2,1-3H3. The molecule has 1 fully saturated rings. The molecule has 112 valence electrons. The van der Waals surface area contributed by atoms with Crippen LogP contribution >= 0.6 is 0 Å². The van der Waals surface area contributed by atoms with Crippen molar-refractivity contribution in [2.75, 3.05) is 13.2 Å². The van der Waals surface area contributed by atoms with Crippen LogP contribution in [0.5, 0.6) is 5.75 Å². The van der Waals surface area contributed by atoms with Crippen molar-refractivity contribution in [3.05, 3.63) is 29.3 Å². The highest BCUT2D eigenvalue weighted by Gasteiger charge is 2.31. The average Bonchev–Trinajstić information content (AvgIpc) is 3.22. The fraction of sp³-hybridized carbons (Fsp3) is 0.647. The van der Waals surface area contributed by atoms with Crippen molar-refractivity contribution in [1.82, 2.24) is 5.32 Å². The van der Waals surface area contributed by atoms with Gasteiger partial charge in [0.1, 0.15) is 5.75 Å². The minimum atomic E-state index is -0.159. The highest BCUT2D eigenvalue weighted by Crippen LogP contribution is 2.24. The smallest absolute Gasteiger partial charge is 0.119 e. The second-order valence-electron chi connectivity index (χ2n) is 6.34. The van der Waals surface area contributed by atoms with Gasteiger partial charge in [-0.3, -0.25) is 0 Å². The number of rotatable bonds is 8. The van der Waals surface area contributed by atoms with Crippen molar-refractivity contribution in [1.29, 1.82) is 0 Å². The van der Waals surface area contributed by atoms with Gasteiger partial charge in [0.15, 0.2) is 0 Å². The molecule has 0 amide bonds. The number of ether oxygens (including phenoxy) is 1. The molecule has 0 aliphatic heterocycles. The van der Waals surface area contributed by atoms with Crippen molar-refractivity contribution >= 4 is 0 Å². The first-order chi connectivity index (χ1) is 9.52. The molecular weight excluding hydrogens is 250 g/mol. The molecule has 0 bridgehead atoms. The summed E-state index contributed by atoms with van der Waals surface area (Å²) in [5.41, 5.74) is 2.39. The van der Waals surface area contributed by atoms with Gasteiger partial charge in [0.25, 0.3) is 0 Å². The maximum atomic E-state index is 9.54. The van der Waals surface area contributed by atoms with Gasteiger partial charge in [-0.2, -0.15) is 0 Å². The third-order valence-electron chi connectivity index (χ3n) is 4.10. The Labute approximate surface area is 122 Å². The lowest BCUT2D eigenvalue weighted by atomic mass is 9.97. The molecule has 0 saturated heterocycles. The molecule has 1 aliphatic carbocycles. The Kier molecular flexibility index (Phi) is 5.06. The predicted molar refractivity (Wildman–Crippen MR) is 82.3 cm³/mol. The summed E-state index contributed by atoms with van der Waals surface area (Å²) >= 11 is 0. The maximum Gasteiger partial charge on any atom is 0.119 e. The van der Waals surface area contributed by atoms with Crippen LogP contribution in [0, 0.1) is 13.8 Å². The molecule has 1 saturated carbocycles. The molecule has 2 rings (SSSR count). The zero-order valence-electron chi connectivity index (χ0n) is 12.9. The second-order valence-corrected chi connectivity index (χ2v) is 6.34.